The summed E-state index contributed by atoms with van der Waals surface area (Å²) < 4.78 is 28.1. The molecule has 2 aromatic carbocycles. The van der Waals surface area contributed by atoms with E-state index in [4.69, 9.17) is 0 Å². The van der Waals surface area contributed by atoms with E-state index in [1.54, 1.807) is 54.1 Å². The van der Waals surface area contributed by atoms with E-state index in [1.165, 1.54) is 12.1 Å². The summed E-state index contributed by atoms with van der Waals surface area (Å²) in [6, 6.07) is 13.1. The fraction of sp³-hybridized carbons (Fsp3) is 0.238. The van der Waals surface area contributed by atoms with Crippen molar-refractivity contribution in [3.8, 4) is 0 Å². The number of nitrogens with zero attached hydrogens (tertiary/aromatic N) is 2. The molecule has 31 heavy (non-hydrogen) atoms. The van der Waals surface area contributed by atoms with Crippen LogP contribution in [-0.2, 0) is 21.4 Å². The van der Waals surface area contributed by atoms with Crippen LogP contribution in [0.15, 0.2) is 59.6 Å². The minimum atomic E-state index is -4.16. The van der Waals surface area contributed by atoms with Gasteiger partial charge in [-0.3, -0.25) is 4.79 Å². The maximum Gasteiger partial charge on any atom is 1.00 e. The molecule has 0 saturated heterocycles. The largest absolute Gasteiger partial charge is 1.00 e. The van der Waals surface area contributed by atoms with E-state index in [9.17, 15) is 28.2 Å². The Morgan fingerprint density at radius 2 is 1.84 bits per heavy atom. The summed E-state index contributed by atoms with van der Waals surface area (Å²) in [5.74, 6) is -1.58. The van der Waals surface area contributed by atoms with Crippen LogP contribution in [0.4, 0.5) is 0 Å². The summed E-state index contributed by atoms with van der Waals surface area (Å²) in [6.07, 6.45) is 1.05. The van der Waals surface area contributed by atoms with Crippen molar-refractivity contribution in [1.82, 2.24) is 8.87 Å². The van der Waals surface area contributed by atoms with Crippen molar-refractivity contribution < 1.29 is 57.8 Å². The Hall–Kier alpha value is -2.01. The number of sulfonamides is 1. The van der Waals surface area contributed by atoms with Gasteiger partial charge in [-0.25, -0.2) is 8.42 Å². The number of carboxylic acids is 1. The van der Waals surface area contributed by atoms with Crippen LogP contribution < -0.4 is 34.7 Å². The van der Waals surface area contributed by atoms with Gasteiger partial charge in [0.25, 0.3) is 0 Å². The molecular formula is C21H21N2NaO6S. The monoisotopic (exact) mass is 452 g/mol. The number of hydrogen-bond donors (Lipinski definition) is 1. The van der Waals surface area contributed by atoms with Crippen LogP contribution >= 0.6 is 0 Å². The van der Waals surface area contributed by atoms with Crippen LogP contribution in [0.3, 0.4) is 0 Å². The van der Waals surface area contributed by atoms with Crippen LogP contribution in [-0.4, -0.2) is 53.8 Å². The molecule has 1 heterocycles. The smallest absolute Gasteiger partial charge is 0.549 e. The third kappa shape index (κ3) is 5.82. The van der Waals surface area contributed by atoms with E-state index in [0.29, 0.717) is 27.1 Å². The molecule has 0 aliphatic heterocycles. The van der Waals surface area contributed by atoms with E-state index in [-0.39, 0.29) is 41.0 Å². The minimum absolute atomic E-state index is 0. The van der Waals surface area contributed by atoms with Crippen LogP contribution in [0.5, 0.6) is 0 Å². The first-order chi connectivity index (χ1) is 14.2. The fourth-order valence-electron chi connectivity index (χ4n) is 3.29. The Kier molecular flexibility index (Phi) is 8.58. The zero-order valence-corrected chi connectivity index (χ0v) is 20.1. The predicted molar refractivity (Wildman–Crippen MR) is 108 cm³/mol. The van der Waals surface area contributed by atoms with Crippen LogP contribution in [0, 0.1) is 6.92 Å². The Bertz CT molecular complexity index is 1170. The molecule has 3 aromatic rings. The normalized spacial score (nSPS) is 12.5. The Labute approximate surface area is 202 Å². The molecule has 0 spiro atoms. The number of benzene rings is 2. The number of carbonyl (C=O) groups is 2. The molecule has 1 aromatic heterocycles. The Morgan fingerprint density at radius 1 is 1.19 bits per heavy atom. The molecule has 0 radical (unpaired) electrons. The van der Waals surface area contributed by atoms with Gasteiger partial charge in [0.15, 0.2) is 6.29 Å². The van der Waals surface area contributed by atoms with Gasteiger partial charge in [-0.15, -0.1) is 0 Å². The van der Waals surface area contributed by atoms with Gasteiger partial charge < -0.3 is 19.6 Å². The van der Waals surface area contributed by atoms with E-state index >= 15 is 0 Å². The number of para-hydroxylation sites is 1. The molecule has 0 saturated carbocycles. The molecule has 10 heteroatoms. The molecule has 0 aliphatic carbocycles. The van der Waals surface area contributed by atoms with Gasteiger partial charge in [0.1, 0.15) is 0 Å². The minimum Gasteiger partial charge on any atom is -0.549 e. The number of aliphatic carboxylic acids is 1. The topological polar surface area (TPSA) is 120 Å². The summed E-state index contributed by atoms with van der Waals surface area (Å²) in [6.45, 7) is 0.432. The molecule has 8 nitrogen and oxygen atoms in total. The van der Waals surface area contributed by atoms with Crippen molar-refractivity contribution in [2.45, 2.75) is 24.5 Å². The molecule has 1 atom stereocenters. The maximum atomic E-state index is 12.9. The number of aliphatic hydroxyl groups excluding tert-OH is 1. The first kappa shape index (κ1) is 25.3. The van der Waals surface area contributed by atoms with E-state index < -0.39 is 35.2 Å². The molecule has 3 rings (SSSR count). The van der Waals surface area contributed by atoms with E-state index in [2.05, 4.69) is 0 Å². The first-order valence-electron chi connectivity index (χ1n) is 9.20. The number of aryl methyl sites for hydroxylation is 1. The average molecular weight is 452 g/mol. The molecule has 0 bridgehead atoms. The van der Waals surface area contributed by atoms with Gasteiger partial charge in [0.2, 0.25) is 10.0 Å². The number of aldehydes is 1. The third-order valence-electron chi connectivity index (χ3n) is 4.73. The standard InChI is InChI=1S/C21H22N2O6S.Na/c1-15-6-8-18(9-7-15)30(28,29)23(13-21(26)27)12-17(25)11-22-10-16(14-24)19-4-2-3-5-20(19)22;/h2-10,14,17,25H,11-13H2,1H3,(H,26,27);/q;+1/p-1. The van der Waals surface area contributed by atoms with Crippen LogP contribution in [0.2, 0.25) is 0 Å². The number of aliphatic hydroxyl groups is 1. The summed E-state index contributed by atoms with van der Waals surface area (Å²) in [4.78, 5) is 22.4. The molecule has 1 unspecified atom stereocenters. The number of aromatic nitrogens is 1. The van der Waals surface area contributed by atoms with Gasteiger partial charge in [-0.1, -0.05) is 35.9 Å². The van der Waals surface area contributed by atoms with Gasteiger partial charge in [-0.2, -0.15) is 4.31 Å². The summed E-state index contributed by atoms with van der Waals surface area (Å²) in [7, 11) is -4.16. The second-order valence-electron chi connectivity index (χ2n) is 7.01. The Balaban J connectivity index is 0.00000341. The molecule has 158 valence electrons. The second kappa shape index (κ2) is 10.5. The number of carboxylic acid groups (broad SMARTS) is 1. The van der Waals surface area contributed by atoms with Crippen molar-refractivity contribution >= 4 is 33.2 Å². The molecular weight excluding hydrogens is 431 g/mol. The average Bonchev–Trinajstić information content (AvgIpc) is 3.05. The number of fused-ring (bicyclic) bond motifs is 1. The van der Waals surface area contributed by atoms with E-state index in [1.807, 2.05) is 0 Å². The molecule has 0 amide bonds. The molecule has 1 N–H and O–H groups in total. The van der Waals surface area contributed by atoms with Gasteiger partial charge in [0.05, 0.1) is 23.5 Å². The predicted octanol–water partition coefficient (Wildman–Crippen LogP) is -2.43. The van der Waals surface area contributed by atoms with Crippen molar-refractivity contribution in [2.75, 3.05) is 13.1 Å². The zero-order chi connectivity index (χ0) is 21.9. The number of hydrogen-bond acceptors (Lipinski definition) is 6. The molecule has 0 fully saturated rings. The number of rotatable bonds is 9. The van der Waals surface area contributed by atoms with E-state index in [0.717, 1.165) is 5.56 Å². The van der Waals surface area contributed by atoms with Crippen molar-refractivity contribution in [2.24, 2.45) is 0 Å². The number of carbonyl (C=O) groups excluding carboxylic acids is 2. The Morgan fingerprint density at radius 3 is 2.45 bits per heavy atom. The fourth-order valence-corrected chi connectivity index (χ4v) is 4.71. The second-order valence-corrected chi connectivity index (χ2v) is 8.95. The van der Waals surface area contributed by atoms with Crippen molar-refractivity contribution in [1.29, 1.82) is 0 Å². The van der Waals surface area contributed by atoms with Crippen molar-refractivity contribution in [3.05, 3.63) is 65.9 Å². The zero-order valence-electron chi connectivity index (χ0n) is 17.3. The maximum absolute atomic E-state index is 12.9. The summed E-state index contributed by atoms with van der Waals surface area (Å²) in [5, 5.41) is 22.4. The quantitative estimate of drug-likeness (QED) is 0.285. The SMILES string of the molecule is Cc1ccc(S(=O)(=O)N(CC(=O)[O-])CC(O)Cn2cc(C=O)c3ccccc32)cc1.[Na+]. The summed E-state index contributed by atoms with van der Waals surface area (Å²) in [5.41, 5.74) is 1.99. The van der Waals surface area contributed by atoms with Crippen LogP contribution in [0.1, 0.15) is 15.9 Å². The van der Waals surface area contributed by atoms with Crippen molar-refractivity contribution in [3.63, 3.8) is 0 Å². The molecule has 0 aliphatic rings. The van der Waals surface area contributed by atoms with Crippen LogP contribution in [0.25, 0.3) is 10.9 Å². The van der Waals surface area contributed by atoms with Gasteiger partial charge in [0, 0.05) is 35.8 Å². The third-order valence-corrected chi connectivity index (χ3v) is 6.56. The van der Waals surface area contributed by atoms with Gasteiger partial charge >= 0.3 is 29.6 Å². The van der Waals surface area contributed by atoms with Gasteiger partial charge in [-0.05, 0) is 25.1 Å². The summed E-state index contributed by atoms with van der Waals surface area (Å²) >= 11 is 0. The first-order valence-corrected chi connectivity index (χ1v) is 10.6.